The smallest absolute Gasteiger partial charge is 0.226 e. The molecule has 19 heavy (non-hydrogen) atoms. The highest BCUT2D eigenvalue weighted by Gasteiger charge is 2.12. The Bertz CT molecular complexity index is 567. The maximum absolute atomic E-state index is 9.76. The van der Waals surface area contributed by atoms with Gasteiger partial charge >= 0.3 is 0 Å². The summed E-state index contributed by atoms with van der Waals surface area (Å²) in [6, 6.07) is 4.87. The van der Waals surface area contributed by atoms with Crippen molar-refractivity contribution in [3.05, 3.63) is 23.8 Å². The Morgan fingerprint density at radius 3 is 2.42 bits per heavy atom. The molecule has 1 aromatic carbocycles. The van der Waals surface area contributed by atoms with Crippen LogP contribution in [0.3, 0.4) is 0 Å². The highest BCUT2D eigenvalue weighted by Crippen LogP contribution is 2.29. The predicted molar refractivity (Wildman–Crippen MR) is 72.6 cm³/mol. The van der Waals surface area contributed by atoms with Crippen molar-refractivity contribution in [1.82, 2.24) is 15.2 Å². The Labute approximate surface area is 111 Å². The lowest BCUT2D eigenvalue weighted by Crippen LogP contribution is -2.18. The number of hydrogen-bond donors (Lipinski definition) is 3. The largest absolute Gasteiger partial charge is 0.504 e. The van der Waals surface area contributed by atoms with Crippen LogP contribution in [0.5, 0.6) is 11.5 Å². The Morgan fingerprint density at radius 1 is 1.11 bits per heavy atom. The minimum Gasteiger partial charge on any atom is -0.504 e. The molecule has 2 aromatic rings. The highest BCUT2D eigenvalue weighted by molar-refractivity contribution is 5.46. The van der Waals surface area contributed by atoms with Gasteiger partial charge in [0.05, 0.1) is 0 Å². The van der Waals surface area contributed by atoms with E-state index in [1.54, 1.807) is 17.0 Å². The van der Waals surface area contributed by atoms with Crippen molar-refractivity contribution in [2.75, 3.05) is 30.9 Å². The molecular weight excluding hydrogens is 246 g/mol. The zero-order valence-electron chi connectivity index (χ0n) is 11.1. The van der Waals surface area contributed by atoms with Crippen molar-refractivity contribution in [2.24, 2.45) is 0 Å². The Morgan fingerprint density at radius 2 is 1.79 bits per heavy atom. The summed E-state index contributed by atoms with van der Waals surface area (Å²) in [6.45, 7) is 0.405. The first kappa shape index (κ1) is 13.0. The summed E-state index contributed by atoms with van der Waals surface area (Å²) in [4.78, 5) is 6.67. The summed E-state index contributed by atoms with van der Waals surface area (Å²) in [6.07, 6.45) is 0. The van der Waals surface area contributed by atoms with Gasteiger partial charge in [0, 0.05) is 33.3 Å². The average Bonchev–Trinajstić information content (AvgIpc) is 2.84. The zero-order chi connectivity index (χ0) is 14.0. The van der Waals surface area contributed by atoms with Crippen LogP contribution in [0.2, 0.25) is 0 Å². The summed E-state index contributed by atoms with van der Waals surface area (Å²) in [5.74, 6) is 1.01. The fourth-order valence-electron chi connectivity index (χ4n) is 1.65. The topological polar surface area (TPSA) is 88.5 Å². The van der Waals surface area contributed by atoms with E-state index in [-0.39, 0.29) is 11.5 Å². The number of nitrogens with zero attached hydrogens (tertiary/aromatic N) is 4. The summed E-state index contributed by atoms with van der Waals surface area (Å²) >= 11 is 0. The van der Waals surface area contributed by atoms with Crippen LogP contribution in [-0.4, -0.2) is 46.5 Å². The van der Waals surface area contributed by atoms with Gasteiger partial charge < -0.3 is 20.0 Å². The lowest BCUT2D eigenvalue weighted by molar-refractivity contribution is 0.399. The van der Waals surface area contributed by atoms with Crippen molar-refractivity contribution in [2.45, 2.75) is 6.54 Å². The summed E-state index contributed by atoms with van der Waals surface area (Å²) < 4.78 is 0. The fourth-order valence-corrected chi connectivity index (χ4v) is 1.65. The van der Waals surface area contributed by atoms with E-state index in [1.165, 1.54) is 6.07 Å². The van der Waals surface area contributed by atoms with Crippen LogP contribution in [0.25, 0.3) is 0 Å². The average molecular weight is 263 g/mol. The van der Waals surface area contributed by atoms with Crippen LogP contribution in [0.4, 0.5) is 11.9 Å². The molecular formula is C12H17N5O2. The Balaban J connectivity index is 2.16. The molecule has 0 saturated heterocycles. The van der Waals surface area contributed by atoms with Crippen LogP contribution in [0.15, 0.2) is 18.2 Å². The third-order valence-corrected chi connectivity index (χ3v) is 2.75. The molecule has 0 aliphatic heterocycles. The molecule has 102 valence electrons. The number of aromatic nitrogens is 3. The van der Waals surface area contributed by atoms with Gasteiger partial charge in [0.1, 0.15) is 0 Å². The van der Waals surface area contributed by atoms with E-state index in [2.05, 4.69) is 15.2 Å². The van der Waals surface area contributed by atoms with Gasteiger partial charge in [-0.1, -0.05) is 12.1 Å². The second-order valence-electron chi connectivity index (χ2n) is 4.51. The van der Waals surface area contributed by atoms with E-state index in [9.17, 15) is 10.2 Å². The number of para-hydroxylation sites is 1. The van der Waals surface area contributed by atoms with Gasteiger partial charge in [-0.3, -0.25) is 4.98 Å². The molecule has 0 radical (unpaired) electrons. The molecule has 7 nitrogen and oxygen atoms in total. The number of rotatable bonds is 4. The molecule has 2 rings (SSSR count). The van der Waals surface area contributed by atoms with Crippen molar-refractivity contribution >= 4 is 11.9 Å². The number of hydrogen-bond acceptors (Lipinski definition) is 6. The van der Waals surface area contributed by atoms with E-state index in [1.807, 2.05) is 26.0 Å². The van der Waals surface area contributed by atoms with Crippen LogP contribution < -0.4 is 9.80 Å². The van der Waals surface area contributed by atoms with E-state index < -0.39 is 0 Å². The second kappa shape index (κ2) is 5.05. The highest BCUT2D eigenvalue weighted by atomic mass is 16.3. The molecule has 0 atom stereocenters. The molecule has 3 N–H and O–H groups in total. The van der Waals surface area contributed by atoms with E-state index in [4.69, 9.17) is 0 Å². The second-order valence-corrected chi connectivity index (χ2v) is 4.51. The van der Waals surface area contributed by atoms with Gasteiger partial charge in [-0.25, -0.2) is 0 Å². The number of benzene rings is 1. The Kier molecular flexibility index (Phi) is 3.46. The van der Waals surface area contributed by atoms with Gasteiger partial charge in [0.2, 0.25) is 11.9 Å². The molecule has 0 unspecified atom stereocenters. The SMILES string of the molecule is CN(C)c1nnc(N(C)Cc2cccc(O)c2O)[nH]1. The number of H-pyrrole nitrogens is 1. The molecule has 0 aliphatic carbocycles. The minimum absolute atomic E-state index is 0.110. The van der Waals surface area contributed by atoms with Crippen molar-refractivity contribution in [1.29, 1.82) is 0 Å². The van der Waals surface area contributed by atoms with Crippen LogP contribution >= 0.6 is 0 Å². The van der Waals surface area contributed by atoms with Gasteiger partial charge in [0.15, 0.2) is 11.5 Å². The number of phenols is 2. The van der Waals surface area contributed by atoms with E-state index >= 15 is 0 Å². The molecule has 0 bridgehead atoms. The summed E-state index contributed by atoms with van der Waals surface area (Å²) in [5.41, 5.74) is 0.616. The molecule has 0 amide bonds. The standard InChI is InChI=1S/C12H17N5O2/c1-16(2)11-13-12(15-14-11)17(3)7-8-5-4-6-9(18)10(8)19/h4-6,18-19H,7H2,1-3H3,(H,13,14,15). The van der Waals surface area contributed by atoms with Gasteiger partial charge in [0.25, 0.3) is 0 Å². The number of anilines is 2. The predicted octanol–water partition coefficient (Wildman–Crippen LogP) is 0.918. The normalized spacial score (nSPS) is 10.5. The van der Waals surface area contributed by atoms with Crippen molar-refractivity contribution in [3.8, 4) is 11.5 Å². The molecule has 0 saturated carbocycles. The molecule has 7 heteroatoms. The zero-order valence-corrected chi connectivity index (χ0v) is 11.1. The van der Waals surface area contributed by atoms with Crippen molar-refractivity contribution in [3.63, 3.8) is 0 Å². The number of aromatic amines is 1. The van der Waals surface area contributed by atoms with Crippen LogP contribution in [-0.2, 0) is 6.54 Å². The maximum Gasteiger partial charge on any atom is 0.226 e. The number of aromatic hydroxyl groups is 2. The van der Waals surface area contributed by atoms with Crippen LogP contribution in [0, 0.1) is 0 Å². The van der Waals surface area contributed by atoms with Gasteiger partial charge in [-0.05, 0) is 6.07 Å². The van der Waals surface area contributed by atoms with Crippen molar-refractivity contribution < 1.29 is 10.2 Å². The van der Waals surface area contributed by atoms with Gasteiger partial charge in [-0.2, -0.15) is 0 Å². The number of phenolic OH excluding ortho intramolecular Hbond substituents is 2. The molecule has 0 spiro atoms. The van der Waals surface area contributed by atoms with Gasteiger partial charge in [-0.15, -0.1) is 10.2 Å². The first-order valence-electron chi connectivity index (χ1n) is 5.80. The first-order chi connectivity index (χ1) is 8.99. The third-order valence-electron chi connectivity index (χ3n) is 2.75. The third kappa shape index (κ3) is 2.70. The quantitative estimate of drug-likeness (QED) is 0.711. The van der Waals surface area contributed by atoms with E-state index in [0.717, 1.165) is 0 Å². The lowest BCUT2D eigenvalue weighted by atomic mass is 10.2. The monoisotopic (exact) mass is 263 g/mol. The molecule has 0 aliphatic rings. The van der Waals surface area contributed by atoms with Crippen LogP contribution in [0.1, 0.15) is 5.56 Å². The molecule has 0 fully saturated rings. The maximum atomic E-state index is 9.76. The lowest BCUT2D eigenvalue weighted by Gasteiger charge is -2.16. The first-order valence-corrected chi connectivity index (χ1v) is 5.80. The molecule has 1 aromatic heterocycles. The summed E-state index contributed by atoms with van der Waals surface area (Å²) in [5, 5.41) is 27.2. The Hall–Kier alpha value is -2.44. The number of nitrogens with one attached hydrogen (secondary N) is 1. The van der Waals surface area contributed by atoms with E-state index in [0.29, 0.717) is 24.0 Å². The minimum atomic E-state index is -0.127. The summed E-state index contributed by atoms with van der Waals surface area (Å²) in [7, 11) is 5.56. The fraction of sp³-hybridized carbons (Fsp3) is 0.333. The molecule has 1 heterocycles.